The third kappa shape index (κ3) is 4.33. The van der Waals surface area contributed by atoms with Crippen LogP contribution in [-0.2, 0) is 34.8 Å². The molecule has 1 amide bonds. The van der Waals surface area contributed by atoms with Gasteiger partial charge in [-0.15, -0.1) is 9.31 Å². The molecular weight excluding hydrogens is 459 g/mol. The number of rotatable bonds is 7. The normalized spacial score (nSPS) is 21.3. The molecule has 2 rings (SSSR count). The molecule has 1 aromatic carbocycles. The smallest absolute Gasteiger partial charge is 0.345 e. The Morgan fingerprint density at radius 3 is 2.59 bits per heavy atom. The average molecular weight is 474 g/mol. The van der Waals surface area contributed by atoms with Crippen LogP contribution >= 0.6 is 15.9 Å². The van der Waals surface area contributed by atoms with Crippen LogP contribution < -0.4 is 0 Å². The summed E-state index contributed by atoms with van der Waals surface area (Å²) in [5.41, 5.74) is -0.0211. The summed E-state index contributed by atoms with van der Waals surface area (Å²) < 4.78 is 12.2. The maximum absolute atomic E-state index is 12.6. The first-order valence-corrected chi connectivity index (χ1v) is 10.5. The molecule has 12 heteroatoms. The Morgan fingerprint density at radius 2 is 2.11 bits per heavy atom. The van der Waals surface area contributed by atoms with E-state index in [0.29, 0.717) is 0 Å². The summed E-state index contributed by atoms with van der Waals surface area (Å²) in [6.45, 7) is 5.19. The molecule has 1 fully saturated rings. The highest BCUT2D eigenvalue weighted by molar-refractivity contribution is 9.10. The summed E-state index contributed by atoms with van der Waals surface area (Å²) in [5.74, 6) is -2.47. The van der Waals surface area contributed by atoms with E-state index >= 15 is 0 Å². The Bertz CT molecular complexity index is 884. The van der Waals surface area contributed by atoms with E-state index in [0.717, 1.165) is 36.3 Å². The van der Waals surface area contributed by atoms with Crippen molar-refractivity contribution < 1.29 is 24.0 Å². The number of esters is 2. The van der Waals surface area contributed by atoms with Gasteiger partial charge in [-0.3, -0.25) is 14.9 Å². The molecule has 1 saturated heterocycles. The number of ether oxygens (including phenoxy) is 1. The highest BCUT2D eigenvalue weighted by Gasteiger charge is 2.52. The highest BCUT2D eigenvalue weighted by Crippen LogP contribution is 2.33. The molecule has 1 aliphatic heterocycles. The molecule has 1 radical (unpaired) electrons. The van der Waals surface area contributed by atoms with Gasteiger partial charge < -0.3 is 9.64 Å². The fraction of sp³-hybridized carbons (Fsp3) is 0.267. The van der Waals surface area contributed by atoms with Gasteiger partial charge in [-0.05, 0) is 26.0 Å². The highest BCUT2D eigenvalue weighted by atomic mass is 79.9. The van der Waals surface area contributed by atoms with Crippen LogP contribution in [0, 0.1) is 10.1 Å². The quantitative estimate of drug-likeness (QED) is 0.0851. The molecule has 8 nitrogen and oxygen atoms in total. The van der Waals surface area contributed by atoms with Gasteiger partial charge in [0.25, 0.3) is 5.69 Å². The second-order valence-corrected chi connectivity index (χ2v) is 8.91. The third-order valence-electron chi connectivity index (χ3n) is 3.73. The minimum Gasteiger partial charge on any atom is -0.388 e. The predicted octanol–water partition coefficient (Wildman–Crippen LogP) is 1.05. The summed E-state index contributed by atoms with van der Waals surface area (Å²) in [7, 11) is -0.0293. The van der Waals surface area contributed by atoms with Crippen LogP contribution in [0.5, 0.6) is 0 Å². The van der Waals surface area contributed by atoms with Crippen molar-refractivity contribution >= 4 is 67.0 Å². The molecule has 1 aromatic rings. The number of nitro groups is 1. The zero-order valence-corrected chi connectivity index (χ0v) is 17.1. The van der Waals surface area contributed by atoms with Gasteiger partial charge in [0.05, 0.1) is 15.9 Å². The molecule has 0 spiro atoms. The van der Waals surface area contributed by atoms with Crippen LogP contribution in [0.1, 0.15) is 17.3 Å². The Balaban J connectivity index is 2.20. The lowest BCUT2D eigenvalue weighted by atomic mass is 10.0. The molecule has 2 unspecified atom stereocenters. The molecule has 0 aliphatic carbocycles. The molecule has 0 N–H and O–H groups in total. The summed E-state index contributed by atoms with van der Waals surface area (Å²) in [6.07, 6.45) is 0. The monoisotopic (exact) mass is 473 g/mol. The largest absolute Gasteiger partial charge is 0.388 e. The molecule has 141 valence electrons. The number of benzene rings is 1. The molecule has 1 aliphatic rings. The van der Waals surface area contributed by atoms with Crippen LogP contribution in [0.2, 0.25) is 0 Å². The van der Waals surface area contributed by atoms with Crippen LogP contribution in [0.4, 0.5) is 5.69 Å². The molecule has 27 heavy (non-hydrogen) atoms. The minimum atomic E-state index is -1.24. The first kappa shape index (κ1) is 19.8. The summed E-state index contributed by atoms with van der Waals surface area (Å²) >= 11 is 8.35. The standard InChI is InChI=1S/C15H13BBrN2O6S2/c1-7(2)11(18-12(20)10(17)13(18)27(16)26)15(22)25-14(21)8-3-5-9(6-4-8)19(23)24/h3-6,10-11,13,16H,1H2,2H3/t10-,11+,13?,27?/m0/s1/i16T. The van der Waals surface area contributed by atoms with Crippen LogP contribution in [0.3, 0.4) is 0 Å². The second kappa shape index (κ2) is 8.40. The number of β-lactam (4-membered cyclic amide) rings is 1. The Hall–Kier alpha value is -1.92. The van der Waals surface area contributed by atoms with Crippen molar-refractivity contribution in [1.82, 2.24) is 4.90 Å². The Labute approximate surface area is 172 Å². The second-order valence-electron chi connectivity index (χ2n) is 5.63. The fourth-order valence-electron chi connectivity index (χ4n) is 2.43. The number of halogens is 1. The van der Waals surface area contributed by atoms with E-state index in [2.05, 4.69) is 22.5 Å². The maximum Gasteiger partial charge on any atom is 0.345 e. The number of non-ortho nitro benzene ring substituents is 1. The topological polar surface area (TPSA) is 107 Å². The van der Waals surface area contributed by atoms with Gasteiger partial charge in [-0.25, -0.2) is 9.59 Å². The molecular formula is C15H13BBrN2O6S2. The summed E-state index contributed by atoms with van der Waals surface area (Å²) in [4.78, 5) is 47.6. The number of alkyl halides is 1. The zero-order chi connectivity index (χ0) is 21.2. The van der Waals surface area contributed by atoms with E-state index in [1.807, 2.05) is 0 Å². The lowest BCUT2D eigenvalue weighted by Crippen LogP contribution is -2.68. The lowest BCUT2D eigenvalue weighted by Gasteiger charge is -2.48. The zero-order valence-electron chi connectivity index (χ0n) is 14.9. The van der Waals surface area contributed by atoms with E-state index in [-0.39, 0.29) is 16.8 Å². The predicted molar refractivity (Wildman–Crippen MR) is 107 cm³/mol. The Morgan fingerprint density at radius 1 is 1.52 bits per heavy atom. The van der Waals surface area contributed by atoms with Crippen molar-refractivity contribution in [3.8, 4) is 0 Å². The number of amides is 1. The van der Waals surface area contributed by atoms with Crippen molar-refractivity contribution in [3.63, 3.8) is 0 Å². The molecule has 0 aromatic heterocycles. The van der Waals surface area contributed by atoms with E-state index in [1.54, 1.807) is 0 Å². The Kier molecular flexibility index (Phi) is 6.17. The lowest BCUT2D eigenvalue weighted by molar-refractivity contribution is -0.384. The third-order valence-corrected chi connectivity index (χ3v) is 6.54. The number of hydrogen-bond donors (Lipinski definition) is 0. The van der Waals surface area contributed by atoms with Crippen LogP contribution in [-0.4, -0.2) is 52.3 Å². The van der Waals surface area contributed by atoms with Crippen LogP contribution in [0.25, 0.3) is 0 Å². The first-order chi connectivity index (χ1) is 13.1. The van der Waals surface area contributed by atoms with E-state index in [4.69, 9.17) is 17.3 Å². The van der Waals surface area contributed by atoms with Gasteiger partial charge in [0, 0.05) is 12.1 Å². The molecule has 0 bridgehead atoms. The fourth-order valence-corrected chi connectivity index (χ4v) is 5.46. The first-order valence-electron chi connectivity index (χ1n) is 7.91. The van der Waals surface area contributed by atoms with Crippen molar-refractivity contribution in [2.75, 3.05) is 0 Å². The van der Waals surface area contributed by atoms with Gasteiger partial charge >= 0.3 is 11.9 Å². The number of hydrogen-bond acceptors (Lipinski definition) is 7. The van der Waals surface area contributed by atoms with E-state index in [1.165, 1.54) is 6.92 Å². The van der Waals surface area contributed by atoms with Crippen molar-refractivity contribution in [3.05, 3.63) is 52.1 Å². The molecule has 0 saturated carbocycles. The maximum atomic E-state index is 12.6. The number of nitrogens with zero attached hydrogens (tertiary/aromatic N) is 2. The van der Waals surface area contributed by atoms with E-state index in [9.17, 15) is 24.5 Å². The number of carbonyl (C=O) groups is 3. The molecule has 4 atom stereocenters. The van der Waals surface area contributed by atoms with Crippen LogP contribution in [0.15, 0.2) is 36.4 Å². The van der Waals surface area contributed by atoms with Crippen molar-refractivity contribution in [2.24, 2.45) is 0 Å². The van der Waals surface area contributed by atoms with Gasteiger partial charge in [-0.2, -0.15) is 0 Å². The van der Waals surface area contributed by atoms with Gasteiger partial charge in [0.15, 0.2) is 13.1 Å². The average Bonchev–Trinajstić information content (AvgIpc) is 2.66. The summed E-state index contributed by atoms with van der Waals surface area (Å²) in [5, 5.41) is 10.0. The van der Waals surface area contributed by atoms with Gasteiger partial charge in [0.1, 0.15) is 4.83 Å². The van der Waals surface area contributed by atoms with Crippen molar-refractivity contribution in [1.29, 1.82) is 1.34 Å². The minimum absolute atomic E-state index is 0.0632. The van der Waals surface area contributed by atoms with Gasteiger partial charge in [-0.1, -0.05) is 33.7 Å². The number of carbonyl (C=O) groups excluding carboxylic acids is 3. The molecule has 1 heterocycles. The van der Waals surface area contributed by atoms with Gasteiger partial charge in [0.2, 0.25) is 5.91 Å². The number of likely N-dealkylation sites (tertiary alicyclic amines) is 1. The summed E-state index contributed by atoms with van der Waals surface area (Å²) in [6, 6.07) is 3.28. The SMILES string of the molecule is [3H][B]S(=S)C1[C@@H](Br)C(=O)N1[C@H](C(=C)C)C(=O)OC(=O)c1ccc([N+](=O)[O-])cc1. The van der Waals surface area contributed by atoms with Crippen molar-refractivity contribution in [2.45, 2.75) is 23.2 Å². The number of nitro benzene ring substituents is 1. The van der Waals surface area contributed by atoms with E-state index < -0.39 is 48.3 Å².